The number of likely N-dealkylation sites (tertiary alicyclic amines) is 1. The molecule has 2 aliphatic rings. The van der Waals surface area contributed by atoms with Gasteiger partial charge in [0.2, 0.25) is 5.91 Å². The highest BCUT2D eigenvalue weighted by atomic mass is 16.3. The van der Waals surface area contributed by atoms with Gasteiger partial charge < -0.3 is 19.2 Å². The van der Waals surface area contributed by atoms with Crippen molar-refractivity contribution in [3.63, 3.8) is 0 Å². The Hall–Kier alpha value is -2.54. The van der Waals surface area contributed by atoms with E-state index in [1.807, 2.05) is 28.0 Å². The number of H-pyrrole nitrogens is 1. The minimum absolute atomic E-state index is 0.00869. The number of piperazine rings is 1. The molecular formula is C20H26N4O3. The molecular weight excluding hydrogens is 344 g/mol. The molecule has 1 N–H and O–H groups in total. The van der Waals surface area contributed by atoms with E-state index in [1.54, 1.807) is 18.5 Å². The van der Waals surface area contributed by atoms with Crippen LogP contribution in [0.15, 0.2) is 41.1 Å². The van der Waals surface area contributed by atoms with Gasteiger partial charge in [-0.05, 0) is 43.7 Å². The third-order valence-electron chi connectivity index (χ3n) is 5.52. The molecule has 2 saturated heterocycles. The van der Waals surface area contributed by atoms with Crippen molar-refractivity contribution in [2.24, 2.45) is 5.92 Å². The predicted octanol–water partition coefficient (Wildman–Crippen LogP) is 1.80. The van der Waals surface area contributed by atoms with E-state index in [0.29, 0.717) is 31.9 Å². The van der Waals surface area contributed by atoms with Gasteiger partial charge in [0.15, 0.2) is 0 Å². The number of nitrogens with zero attached hydrogens (tertiary/aromatic N) is 3. The topological polar surface area (TPSA) is 72.8 Å². The number of aromatic amines is 1. The number of aromatic nitrogens is 1. The summed E-state index contributed by atoms with van der Waals surface area (Å²) in [5, 5.41) is 0. The van der Waals surface area contributed by atoms with E-state index in [1.165, 1.54) is 0 Å². The first-order valence-electron chi connectivity index (χ1n) is 9.67. The third-order valence-corrected chi connectivity index (χ3v) is 5.52. The zero-order valence-corrected chi connectivity index (χ0v) is 15.5. The average Bonchev–Trinajstić information content (AvgIpc) is 3.41. The van der Waals surface area contributed by atoms with Gasteiger partial charge in [-0.2, -0.15) is 0 Å². The molecule has 7 heteroatoms. The summed E-state index contributed by atoms with van der Waals surface area (Å²) in [6, 6.07) is 7.49. The van der Waals surface area contributed by atoms with Crippen LogP contribution < -0.4 is 0 Å². The van der Waals surface area contributed by atoms with Gasteiger partial charge in [-0.1, -0.05) is 0 Å². The summed E-state index contributed by atoms with van der Waals surface area (Å²) >= 11 is 0. The summed E-state index contributed by atoms with van der Waals surface area (Å²) in [4.78, 5) is 34.4. The largest absolute Gasteiger partial charge is 0.468 e. The van der Waals surface area contributed by atoms with Crippen LogP contribution in [0.4, 0.5) is 0 Å². The van der Waals surface area contributed by atoms with Gasteiger partial charge in [-0.25, -0.2) is 0 Å². The van der Waals surface area contributed by atoms with Crippen molar-refractivity contribution in [1.82, 2.24) is 19.7 Å². The Kier molecular flexibility index (Phi) is 5.29. The Bertz CT molecular complexity index is 748. The zero-order valence-electron chi connectivity index (χ0n) is 15.5. The van der Waals surface area contributed by atoms with E-state index in [0.717, 1.165) is 38.2 Å². The van der Waals surface area contributed by atoms with Crippen LogP contribution in [0.5, 0.6) is 0 Å². The van der Waals surface area contributed by atoms with E-state index < -0.39 is 0 Å². The standard InChI is InChI=1S/C20H26N4O3/c25-19(16-4-2-8-22(14-16)15-17-5-3-13-27-17)23-9-11-24(12-10-23)20(26)18-6-1-7-21-18/h1,3,5-7,13,16,21H,2,4,8-12,14-15H2/t16-/m1/s1. The summed E-state index contributed by atoms with van der Waals surface area (Å²) < 4.78 is 5.44. The van der Waals surface area contributed by atoms with Gasteiger partial charge in [-0.3, -0.25) is 14.5 Å². The lowest BCUT2D eigenvalue weighted by Crippen LogP contribution is -2.53. The highest BCUT2D eigenvalue weighted by molar-refractivity contribution is 5.92. The van der Waals surface area contributed by atoms with Crippen LogP contribution in [0.2, 0.25) is 0 Å². The fraction of sp³-hybridized carbons (Fsp3) is 0.500. The highest BCUT2D eigenvalue weighted by Crippen LogP contribution is 2.21. The van der Waals surface area contributed by atoms with E-state index in [4.69, 9.17) is 4.42 Å². The van der Waals surface area contributed by atoms with Crippen LogP contribution in [0.1, 0.15) is 29.1 Å². The molecule has 27 heavy (non-hydrogen) atoms. The Morgan fingerprint density at radius 3 is 2.59 bits per heavy atom. The fourth-order valence-corrected chi connectivity index (χ4v) is 4.05. The van der Waals surface area contributed by atoms with Crippen molar-refractivity contribution in [2.45, 2.75) is 19.4 Å². The molecule has 144 valence electrons. The van der Waals surface area contributed by atoms with Gasteiger partial charge >= 0.3 is 0 Å². The number of rotatable bonds is 4. The Morgan fingerprint density at radius 2 is 1.89 bits per heavy atom. The molecule has 2 fully saturated rings. The van der Waals surface area contributed by atoms with Gasteiger partial charge in [-0.15, -0.1) is 0 Å². The maximum atomic E-state index is 13.0. The van der Waals surface area contributed by atoms with Crippen LogP contribution in [0, 0.1) is 5.92 Å². The number of carbonyl (C=O) groups is 2. The van der Waals surface area contributed by atoms with E-state index in [9.17, 15) is 9.59 Å². The number of furan rings is 1. The van der Waals surface area contributed by atoms with Crippen LogP contribution in [-0.4, -0.2) is 70.8 Å². The molecule has 2 aromatic rings. The number of hydrogen-bond acceptors (Lipinski definition) is 4. The quantitative estimate of drug-likeness (QED) is 0.891. The number of piperidine rings is 1. The van der Waals surface area contributed by atoms with Gasteiger partial charge in [0.1, 0.15) is 11.5 Å². The summed E-state index contributed by atoms with van der Waals surface area (Å²) in [5.41, 5.74) is 0.607. The highest BCUT2D eigenvalue weighted by Gasteiger charge is 2.32. The summed E-state index contributed by atoms with van der Waals surface area (Å²) in [6.07, 6.45) is 5.41. The SMILES string of the molecule is O=C(c1ccc[nH]1)N1CCN(C(=O)[C@@H]2CCCN(Cc3ccco3)C2)CC1. The average molecular weight is 370 g/mol. The number of carbonyl (C=O) groups excluding carboxylic acids is 2. The molecule has 0 spiro atoms. The van der Waals surface area contributed by atoms with Crippen molar-refractivity contribution < 1.29 is 14.0 Å². The van der Waals surface area contributed by atoms with E-state index in [2.05, 4.69) is 9.88 Å². The zero-order chi connectivity index (χ0) is 18.6. The Morgan fingerprint density at radius 1 is 1.07 bits per heavy atom. The van der Waals surface area contributed by atoms with Crippen LogP contribution in [0.3, 0.4) is 0 Å². The van der Waals surface area contributed by atoms with Gasteiger partial charge in [0, 0.05) is 38.9 Å². The Balaban J connectivity index is 1.29. The van der Waals surface area contributed by atoms with E-state index in [-0.39, 0.29) is 17.7 Å². The molecule has 2 aromatic heterocycles. The monoisotopic (exact) mass is 370 g/mol. The number of amides is 2. The van der Waals surface area contributed by atoms with Gasteiger partial charge in [0.05, 0.1) is 18.7 Å². The molecule has 0 radical (unpaired) electrons. The van der Waals surface area contributed by atoms with Crippen LogP contribution in [-0.2, 0) is 11.3 Å². The lowest BCUT2D eigenvalue weighted by Gasteiger charge is -2.38. The van der Waals surface area contributed by atoms with Crippen LogP contribution in [0.25, 0.3) is 0 Å². The third kappa shape index (κ3) is 4.08. The van der Waals surface area contributed by atoms with Crippen molar-refractivity contribution in [2.75, 3.05) is 39.3 Å². The first-order valence-corrected chi connectivity index (χ1v) is 9.67. The lowest BCUT2D eigenvalue weighted by molar-refractivity contribution is -0.139. The number of nitrogens with one attached hydrogen (secondary N) is 1. The molecule has 0 aromatic carbocycles. The molecule has 7 nitrogen and oxygen atoms in total. The van der Waals surface area contributed by atoms with E-state index >= 15 is 0 Å². The summed E-state index contributed by atoms with van der Waals surface area (Å²) in [5.74, 6) is 1.22. The minimum atomic E-state index is 0.00869. The molecule has 0 saturated carbocycles. The second-order valence-corrected chi connectivity index (χ2v) is 7.35. The van der Waals surface area contributed by atoms with Crippen molar-refractivity contribution in [3.8, 4) is 0 Å². The van der Waals surface area contributed by atoms with Crippen molar-refractivity contribution in [3.05, 3.63) is 48.2 Å². The first-order chi connectivity index (χ1) is 13.2. The summed E-state index contributed by atoms with van der Waals surface area (Å²) in [7, 11) is 0. The molecule has 2 aliphatic heterocycles. The molecule has 0 aliphatic carbocycles. The first kappa shape index (κ1) is 17.9. The maximum absolute atomic E-state index is 13.0. The van der Waals surface area contributed by atoms with Gasteiger partial charge in [0.25, 0.3) is 5.91 Å². The molecule has 0 bridgehead atoms. The molecule has 4 rings (SSSR count). The smallest absolute Gasteiger partial charge is 0.270 e. The minimum Gasteiger partial charge on any atom is -0.468 e. The molecule has 4 heterocycles. The maximum Gasteiger partial charge on any atom is 0.270 e. The van der Waals surface area contributed by atoms with Crippen molar-refractivity contribution in [1.29, 1.82) is 0 Å². The molecule has 1 atom stereocenters. The predicted molar refractivity (Wildman–Crippen MR) is 100.0 cm³/mol. The second-order valence-electron chi connectivity index (χ2n) is 7.35. The summed E-state index contributed by atoms with van der Waals surface area (Å²) in [6.45, 7) is 4.94. The number of hydrogen-bond donors (Lipinski definition) is 1. The van der Waals surface area contributed by atoms with Crippen LogP contribution >= 0.6 is 0 Å². The lowest BCUT2D eigenvalue weighted by atomic mass is 9.96. The van der Waals surface area contributed by atoms with Crippen molar-refractivity contribution >= 4 is 11.8 Å². The normalized spacial score (nSPS) is 21.4. The second kappa shape index (κ2) is 8.00. The fourth-order valence-electron chi connectivity index (χ4n) is 4.05. The molecule has 0 unspecified atom stereocenters. The molecule has 2 amide bonds. The Labute approximate surface area is 158 Å².